The van der Waals surface area contributed by atoms with E-state index in [4.69, 9.17) is 0 Å². The third kappa shape index (κ3) is 3.73. The summed E-state index contributed by atoms with van der Waals surface area (Å²) in [4.78, 5) is 10.8. The standard InChI is InChI=1S/C13H18O/c1-2-3-7-13(11-14)10-12-8-5-4-6-9-12/h4-6,8-9,11,13H,2-3,7,10H2,1H3. The summed E-state index contributed by atoms with van der Waals surface area (Å²) in [5.41, 5.74) is 1.26. The fraction of sp³-hybridized carbons (Fsp3) is 0.462. The number of benzene rings is 1. The highest BCUT2D eigenvalue weighted by molar-refractivity contribution is 5.54. The van der Waals surface area contributed by atoms with E-state index in [1.54, 1.807) is 0 Å². The molecule has 0 bridgehead atoms. The Labute approximate surface area is 86.1 Å². The molecule has 1 aromatic carbocycles. The molecule has 0 N–H and O–H groups in total. The minimum Gasteiger partial charge on any atom is -0.303 e. The van der Waals surface area contributed by atoms with Gasteiger partial charge in [0, 0.05) is 5.92 Å². The molecule has 0 saturated carbocycles. The average molecular weight is 190 g/mol. The van der Waals surface area contributed by atoms with Crippen molar-refractivity contribution in [2.75, 3.05) is 0 Å². The van der Waals surface area contributed by atoms with Gasteiger partial charge in [-0.15, -0.1) is 0 Å². The van der Waals surface area contributed by atoms with Crippen molar-refractivity contribution >= 4 is 6.29 Å². The number of aldehydes is 1. The summed E-state index contributed by atoms with van der Waals surface area (Å²) in [6.07, 6.45) is 5.33. The molecule has 1 unspecified atom stereocenters. The third-order valence-electron chi connectivity index (χ3n) is 2.46. The molecule has 0 aliphatic rings. The van der Waals surface area contributed by atoms with E-state index in [2.05, 4.69) is 19.1 Å². The van der Waals surface area contributed by atoms with Crippen molar-refractivity contribution in [3.8, 4) is 0 Å². The first-order valence-corrected chi connectivity index (χ1v) is 5.36. The molecule has 0 aromatic heterocycles. The number of carbonyl (C=O) groups is 1. The second-order valence-corrected chi connectivity index (χ2v) is 3.73. The normalized spacial score (nSPS) is 12.4. The molecule has 1 nitrogen and oxygen atoms in total. The van der Waals surface area contributed by atoms with Crippen LogP contribution in [0.15, 0.2) is 30.3 Å². The minimum atomic E-state index is 0.206. The van der Waals surface area contributed by atoms with E-state index in [9.17, 15) is 4.79 Å². The Morgan fingerprint density at radius 1 is 1.29 bits per heavy atom. The highest BCUT2D eigenvalue weighted by Gasteiger charge is 2.06. The Morgan fingerprint density at radius 3 is 2.57 bits per heavy atom. The van der Waals surface area contributed by atoms with Crippen LogP contribution in [0.25, 0.3) is 0 Å². The summed E-state index contributed by atoms with van der Waals surface area (Å²) in [7, 11) is 0. The smallest absolute Gasteiger partial charge is 0.123 e. The second kappa shape index (κ2) is 6.36. The van der Waals surface area contributed by atoms with E-state index in [-0.39, 0.29) is 5.92 Å². The quantitative estimate of drug-likeness (QED) is 0.629. The zero-order chi connectivity index (χ0) is 10.2. The SMILES string of the molecule is CCCCC(C=O)Cc1ccccc1. The van der Waals surface area contributed by atoms with Gasteiger partial charge in [-0.3, -0.25) is 0 Å². The Bertz CT molecular complexity index is 253. The summed E-state index contributed by atoms with van der Waals surface area (Å²) in [6.45, 7) is 2.16. The maximum absolute atomic E-state index is 10.8. The largest absolute Gasteiger partial charge is 0.303 e. The van der Waals surface area contributed by atoms with Gasteiger partial charge < -0.3 is 4.79 Å². The van der Waals surface area contributed by atoms with Gasteiger partial charge >= 0.3 is 0 Å². The molecule has 1 heteroatoms. The lowest BCUT2D eigenvalue weighted by molar-refractivity contribution is -0.111. The first kappa shape index (κ1) is 11.0. The number of hydrogen-bond donors (Lipinski definition) is 0. The zero-order valence-corrected chi connectivity index (χ0v) is 8.78. The molecule has 0 spiro atoms. The predicted molar refractivity (Wildman–Crippen MR) is 59.2 cm³/mol. The molecule has 0 amide bonds. The van der Waals surface area contributed by atoms with E-state index in [1.807, 2.05) is 18.2 Å². The lowest BCUT2D eigenvalue weighted by atomic mass is 9.96. The molecule has 76 valence electrons. The second-order valence-electron chi connectivity index (χ2n) is 3.73. The van der Waals surface area contributed by atoms with E-state index in [1.165, 1.54) is 12.0 Å². The lowest BCUT2D eigenvalue weighted by Crippen LogP contribution is -2.05. The van der Waals surface area contributed by atoms with Gasteiger partial charge in [0.2, 0.25) is 0 Å². The molecule has 0 radical (unpaired) electrons. The average Bonchev–Trinajstić information content (AvgIpc) is 2.25. The summed E-state index contributed by atoms with van der Waals surface area (Å²) in [6, 6.07) is 10.2. The minimum absolute atomic E-state index is 0.206. The predicted octanol–water partition coefficient (Wildman–Crippen LogP) is 3.23. The van der Waals surface area contributed by atoms with Gasteiger partial charge in [0.15, 0.2) is 0 Å². The Morgan fingerprint density at radius 2 is 2.00 bits per heavy atom. The van der Waals surface area contributed by atoms with Crippen molar-refractivity contribution in [1.29, 1.82) is 0 Å². The van der Waals surface area contributed by atoms with Crippen LogP contribution in [0.4, 0.5) is 0 Å². The number of carbonyl (C=O) groups excluding carboxylic acids is 1. The Kier molecular flexibility index (Phi) is 4.98. The van der Waals surface area contributed by atoms with Crippen LogP contribution in [-0.2, 0) is 11.2 Å². The van der Waals surface area contributed by atoms with Crippen LogP contribution in [0, 0.1) is 5.92 Å². The topological polar surface area (TPSA) is 17.1 Å². The van der Waals surface area contributed by atoms with E-state index < -0.39 is 0 Å². The molecular weight excluding hydrogens is 172 g/mol. The van der Waals surface area contributed by atoms with E-state index in [0.717, 1.165) is 25.5 Å². The van der Waals surface area contributed by atoms with Gasteiger partial charge in [-0.05, 0) is 18.4 Å². The summed E-state index contributed by atoms with van der Waals surface area (Å²) >= 11 is 0. The summed E-state index contributed by atoms with van der Waals surface area (Å²) < 4.78 is 0. The van der Waals surface area contributed by atoms with Gasteiger partial charge in [0.25, 0.3) is 0 Å². The Balaban J connectivity index is 2.44. The van der Waals surface area contributed by atoms with Crippen LogP contribution >= 0.6 is 0 Å². The Hall–Kier alpha value is -1.11. The van der Waals surface area contributed by atoms with Crippen LogP contribution < -0.4 is 0 Å². The maximum atomic E-state index is 10.8. The lowest BCUT2D eigenvalue weighted by Gasteiger charge is -2.08. The van der Waals surface area contributed by atoms with Gasteiger partial charge in [-0.25, -0.2) is 0 Å². The summed E-state index contributed by atoms with van der Waals surface area (Å²) in [5.74, 6) is 0.206. The first-order valence-electron chi connectivity index (χ1n) is 5.36. The van der Waals surface area contributed by atoms with Crippen molar-refractivity contribution in [3.05, 3.63) is 35.9 Å². The number of rotatable bonds is 6. The molecule has 0 heterocycles. The number of hydrogen-bond acceptors (Lipinski definition) is 1. The first-order chi connectivity index (χ1) is 6.86. The van der Waals surface area contributed by atoms with Gasteiger partial charge in [-0.2, -0.15) is 0 Å². The molecule has 1 aromatic rings. The number of unbranched alkanes of at least 4 members (excludes halogenated alkanes) is 1. The maximum Gasteiger partial charge on any atom is 0.123 e. The molecule has 14 heavy (non-hydrogen) atoms. The summed E-state index contributed by atoms with van der Waals surface area (Å²) in [5, 5.41) is 0. The van der Waals surface area contributed by atoms with Crippen molar-refractivity contribution in [2.24, 2.45) is 5.92 Å². The van der Waals surface area contributed by atoms with Crippen molar-refractivity contribution < 1.29 is 4.79 Å². The fourth-order valence-corrected chi connectivity index (χ4v) is 1.60. The van der Waals surface area contributed by atoms with Crippen LogP contribution in [-0.4, -0.2) is 6.29 Å². The van der Waals surface area contributed by atoms with Crippen LogP contribution in [0.1, 0.15) is 31.7 Å². The highest BCUT2D eigenvalue weighted by Crippen LogP contribution is 2.12. The van der Waals surface area contributed by atoms with Crippen molar-refractivity contribution in [2.45, 2.75) is 32.6 Å². The molecular formula is C13H18O. The third-order valence-corrected chi connectivity index (χ3v) is 2.46. The highest BCUT2D eigenvalue weighted by atomic mass is 16.1. The molecule has 1 rings (SSSR count). The molecule has 0 fully saturated rings. The van der Waals surface area contributed by atoms with Crippen LogP contribution in [0.3, 0.4) is 0 Å². The van der Waals surface area contributed by atoms with Gasteiger partial charge in [-0.1, -0.05) is 50.1 Å². The van der Waals surface area contributed by atoms with Crippen molar-refractivity contribution in [3.63, 3.8) is 0 Å². The monoisotopic (exact) mass is 190 g/mol. The van der Waals surface area contributed by atoms with Crippen molar-refractivity contribution in [1.82, 2.24) is 0 Å². The zero-order valence-electron chi connectivity index (χ0n) is 8.78. The van der Waals surface area contributed by atoms with Gasteiger partial charge in [0.05, 0.1) is 0 Å². The van der Waals surface area contributed by atoms with Crippen LogP contribution in [0.2, 0.25) is 0 Å². The molecule has 0 aliphatic carbocycles. The van der Waals surface area contributed by atoms with E-state index >= 15 is 0 Å². The molecule has 0 saturated heterocycles. The fourth-order valence-electron chi connectivity index (χ4n) is 1.60. The van der Waals surface area contributed by atoms with E-state index in [0.29, 0.717) is 0 Å². The molecule has 1 atom stereocenters. The molecule has 0 aliphatic heterocycles. The van der Waals surface area contributed by atoms with Gasteiger partial charge in [0.1, 0.15) is 6.29 Å². The van der Waals surface area contributed by atoms with Crippen LogP contribution in [0.5, 0.6) is 0 Å².